The Morgan fingerprint density at radius 1 is 1.25 bits per heavy atom. The lowest BCUT2D eigenvalue weighted by molar-refractivity contribution is 0.0946. The van der Waals surface area contributed by atoms with Crippen LogP contribution in [0.3, 0.4) is 0 Å². The van der Waals surface area contributed by atoms with Gasteiger partial charge in [0.05, 0.1) is 11.3 Å². The summed E-state index contributed by atoms with van der Waals surface area (Å²) in [6, 6.07) is 8.04. The number of fused-ring (bicyclic) bond motifs is 1. The van der Waals surface area contributed by atoms with Gasteiger partial charge in [0, 0.05) is 41.0 Å². The Labute approximate surface area is 144 Å². The van der Waals surface area contributed by atoms with E-state index in [1.165, 1.54) is 10.4 Å². The molecule has 3 aromatic heterocycles. The topological polar surface area (TPSA) is 57.8 Å². The van der Waals surface area contributed by atoms with E-state index < -0.39 is 0 Å². The van der Waals surface area contributed by atoms with Gasteiger partial charge in [-0.25, -0.2) is 0 Å². The zero-order valence-electron chi connectivity index (χ0n) is 13.3. The van der Waals surface area contributed by atoms with Crippen molar-refractivity contribution in [1.29, 1.82) is 0 Å². The fourth-order valence-electron chi connectivity index (χ4n) is 2.87. The molecule has 4 heterocycles. The number of amides is 1. The molecule has 0 aromatic carbocycles. The standard InChI is InChI=1S/C19H17N3OS/c1-12-6-9-24-18(12)3-2-14-10-13(4-7-20-14)17-11-15-16(22-17)5-8-21-19(15)23/h2-4,6-7,9-11,22H,5,8H2,1H3,(H,21,23). The second-order valence-corrected chi connectivity index (χ2v) is 6.80. The fourth-order valence-corrected chi connectivity index (χ4v) is 3.69. The molecule has 24 heavy (non-hydrogen) atoms. The Bertz CT molecular complexity index is 936. The Morgan fingerprint density at radius 3 is 2.96 bits per heavy atom. The number of carbonyl (C=O) groups is 1. The van der Waals surface area contributed by atoms with Gasteiger partial charge < -0.3 is 10.3 Å². The minimum absolute atomic E-state index is 0.00101. The van der Waals surface area contributed by atoms with E-state index in [0.29, 0.717) is 6.54 Å². The van der Waals surface area contributed by atoms with Crippen LogP contribution >= 0.6 is 11.3 Å². The van der Waals surface area contributed by atoms with Gasteiger partial charge in [0.1, 0.15) is 0 Å². The number of rotatable bonds is 3. The molecule has 0 aliphatic carbocycles. The van der Waals surface area contributed by atoms with Crippen LogP contribution in [0.15, 0.2) is 35.8 Å². The van der Waals surface area contributed by atoms with Gasteiger partial charge in [-0.2, -0.15) is 0 Å². The summed E-state index contributed by atoms with van der Waals surface area (Å²) in [7, 11) is 0. The highest BCUT2D eigenvalue weighted by Crippen LogP contribution is 2.25. The molecule has 5 heteroatoms. The first kappa shape index (κ1) is 14.9. The van der Waals surface area contributed by atoms with E-state index in [1.807, 2.05) is 24.3 Å². The summed E-state index contributed by atoms with van der Waals surface area (Å²) in [5.41, 5.74) is 5.93. The van der Waals surface area contributed by atoms with Crippen LogP contribution in [-0.4, -0.2) is 22.4 Å². The van der Waals surface area contributed by atoms with E-state index >= 15 is 0 Å². The molecule has 0 saturated carbocycles. The average Bonchev–Trinajstić information content (AvgIpc) is 3.20. The lowest BCUT2D eigenvalue weighted by Gasteiger charge is -2.10. The van der Waals surface area contributed by atoms with Crippen molar-refractivity contribution in [2.45, 2.75) is 13.3 Å². The second-order valence-electron chi connectivity index (χ2n) is 5.85. The number of aryl methyl sites for hydroxylation is 1. The van der Waals surface area contributed by atoms with Crippen LogP contribution < -0.4 is 5.32 Å². The molecule has 120 valence electrons. The molecule has 0 spiro atoms. The summed E-state index contributed by atoms with van der Waals surface area (Å²) in [6.45, 7) is 2.80. The molecule has 0 radical (unpaired) electrons. The van der Waals surface area contributed by atoms with E-state index in [2.05, 4.69) is 39.7 Å². The highest BCUT2D eigenvalue weighted by Gasteiger charge is 2.19. The van der Waals surface area contributed by atoms with Crippen molar-refractivity contribution in [3.05, 3.63) is 63.2 Å². The summed E-state index contributed by atoms with van der Waals surface area (Å²) in [6.07, 6.45) is 6.77. The molecule has 0 fully saturated rings. The third-order valence-electron chi connectivity index (χ3n) is 4.20. The molecule has 0 unspecified atom stereocenters. The molecule has 4 rings (SSSR count). The molecular weight excluding hydrogens is 318 g/mol. The monoisotopic (exact) mass is 335 g/mol. The lowest BCUT2D eigenvalue weighted by Crippen LogP contribution is -2.31. The highest BCUT2D eigenvalue weighted by atomic mass is 32.1. The van der Waals surface area contributed by atoms with Crippen molar-refractivity contribution in [2.75, 3.05) is 6.54 Å². The van der Waals surface area contributed by atoms with Crippen molar-refractivity contribution in [2.24, 2.45) is 0 Å². The molecule has 0 atom stereocenters. The summed E-state index contributed by atoms with van der Waals surface area (Å²) in [5.74, 6) is 0.00101. The predicted octanol–water partition coefficient (Wildman–Crippen LogP) is 3.90. The van der Waals surface area contributed by atoms with Gasteiger partial charge in [-0.15, -0.1) is 11.3 Å². The predicted molar refractivity (Wildman–Crippen MR) is 98.0 cm³/mol. The number of H-pyrrole nitrogens is 1. The number of thiophene rings is 1. The third-order valence-corrected chi connectivity index (χ3v) is 5.19. The molecule has 2 N–H and O–H groups in total. The summed E-state index contributed by atoms with van der Waals surface area (Å²) >= 11 is 1.72. The number of aromatic amines is 1. The summed E-state index contributed by atoms with van der Waals surface area (Å²) in [5, 5.41) is 4.96. The molecular formula is C19H17N3OS. The second kappa shape index (κ2) is 6.09. The quantitative estimate of drug-likeness (QED) is 0.762. The zero-order valence-corrected chi connectivity index (χ0v) is 14.1. The van der Waals surface area contributed by atoms with Crippen molar-refractivity contribution in [3.8, 4) is 11.3 Å². The number of nitrogens with one attached hydrogen (secondary N) is 2. The average molecular weight is 335 g/mol. The van der Waals surface area contributed by atoms with Gasteiger partial charge >= 0.3 is 0 Å². The SMILES string of the molecule is Cc1ccsc1C=Cc1cc(-c2cc3c([nH]2)CCNC3=O)ccn1. The van der Waals surface area contributed by atoms with Gasteiger partial charge in [0.25, 0.3) is 5.91 Å². The van der Waals surface area contributed by atoms with Crippen LogP contribution in [0.5, 0.6) is 0 Å². The maximum Gasteiger partial charge on any atom is 0.253 e. The van der Waals surface area contributed by atoms with E-state index in [-0.39, 0.29) is 5.91 Å². The number of carbonyl (C=O) groups excluding carboxylic acids is 1. The third kappa shape index (κ3) is 2.78. The van der Waals surface area contributed by atoms with Crippen LogP contribution in [0, 0.1) is 6.92 Å². The van der Waals surface area contributed by atoms with Gasteiger partial charge in [-0.05, 0) is 54.3 Å². The van der Waals surface area contributed by atoms with Crippen LogP contribution in [0.2, 0.25) is 0 Å². The van der Waals surface area contributed by atoms with Crippen LogP contribution in [0.1, 0.15) is 32.2 Å². The van der Waals surface area contributed by atoms with Crippen molar-refractivity contribution >= 4 is 29.4 Å². The Kier molecular flexibility index (Phi) is 3.78. The smallest absolute Gasteiger partial charge is 0.253 e. The van der Waals surface area contributed by atoms with E-state index in [4.69, 9.17) is 0 Å². The molecule has 4 nitrogen and oxygen atoms in total. The van der Waals surface area contributed by atoms with Crippen molar-refractivity contribution < 1.29 is 4.79 Å². The molecule has 1 aliphatic rings. The maximum atomic E-state index is 11.9. The Hall–Kier alpha value is -2.66. The van der Waals surface area contributed by atoms with E-state index in [0.717, 1.165) is 34.6 Å². The minimum atomic E-state index is 0.00101. The van der Waals surface area contributed by atoms with Gasteiger partial charge in [-0.3, -0.25) is 9.78 Å². The first-order valence-electron chi connectivity index (χ1n) is 7.89. The van der Waals surface area contributed by atoms with Crippen molar-refractivity contribution in [1.82, 2.24) is 15.3 Å². The first-order valence-corrected chi connectivity index (χ1v) is 8.77. The van der Waals surface area contributed by atoms with Crippen molar-refractivity contribution in [3.63, 3.8) is 0 Å². The number of hydrogen-bond acceptors (Lipinski definition) is 3. The zero-order chi connectivity index (χ0) is 16.5. The number of pyridine rings is 1. The Morgan fingerprint density at radius 2 is 2.17 bits per heavy atom. The van der Waals surface area contributed by atoms with Crippen LogP contribution in [0.4, 0.5) is 0 Å². The van der Waals surface area contributed by atoms with E-state index in [9.17, 15) is 4.79 Å². The van der Waals surface area contributed by atoms with Crippen LogP contribution in [0.25, 0.3) is 23.4 Å². The molecule has 1 aliphatic heterocycles. The Balaban J connectivity index is 1.64. The highest BCUT2D eigenvalue weighted by molar-refractivity contribution is 7.11. The number of aromatic nitrogens is 2. The van der Waals surface area contributed by atoms with Gasteiger partial charge in [0.15, 0.2) is 0 Å². The molecule has 0 bridgehead atoms. The fraction of sp³-hybridized carbons (Fsp3) is 0.158. The molecule has 1 amide bonds. The minimum Gasteiger partial charge on any atom is -0.358 e. The van der Waals surface area contributed by atoms with Gasteiger partial charge in [-0.1, -0.05) is 0 Å². The summed E-state index contributed by atoms with van der Waals surface area (Å²) < 4.78 is 0. The first-order chi connectivity index (χ1) is 11.7. The maximum absolute atomic E-state index is 11.9. The molecule has 0 saturated heterocycles. The van der Waals surface area contributed by atoms with Gasteiger partial charge in [0.2, 0.25) is 0 Å². The number of nitrogens with zero attached hydrogens (tertiary/aromatic N) is 1. The normalized spacial score (nSPS) is 14.0. The number of hydrogen-bond donors (Lipinski definition) is 2. The lowest BCUT2D eigenvalue weighted by atomic mass is 10.1. The molecule has 3 aromatic rings. The van der Waals surface area contributed by atoms with Crippen LogP contribution in [-0.2, 0) is 6.42 Å². The summed E-state index contributed by atoms with van der Waals surface area (Å²) in [4.78, 5) is 20.9. The largest absolute Gasteiger partial charge is 0.358 e. The van der Waals surface area contributed by atoms with E-state index in [1.54, 1.807) is 17.5 Å².